The Morgan fingerprint density at radius 2 is 1.68 bits per heavy atom. The van der Waals surface area contributed by atoms with E-state index < -0.39 is 0 Å². The Balaban J connectivity index is 2.00. The van der Waals surface area contributed by atoms with Gasteiger partial charge in [0.25, 0.3) is 0 Å². The van der Waals surface area contributed by atoms with Crippen LogP contribution >= 0.6 is 0 Å². The molecule has 1 aromatic rings. The Labute approximate surface area is 117 Å². The van der Waals surface area contributed by atoms with Crippen molar-refractivity contribution < 1.29 is 0 Å². The summed E-state index contributed by atoms with van der Waals surface area (Å²) in [6.07, 6.45) is 5.22. The van der Waals surface area contributed by atoms with Gasteiger partial charge in [-0.1, -0.05) is 35.9 Å². The van der Waals surface area contributed by atoms with Gasteiger partial charge in [0.1, 0.15) is 0 Å². The molecule has 0 saturated heterocycles. The van der Waals surface area contributed by atoms with Crippen LogP contribution in [-0.4, -0.2) is 17.0 Å². The van der Waals surface area contributed by atoms with Gasteiger partial charge in [0, 0.05) is 12.1 Å². The third kappa shape index (κ3) is 2.49. The van der Waals surface area contributed by atoms with E-state index in [1.54, 1.807) is 5.56 Å². The summed E-state index contributed by atoms with van der Waals surface area (Å²) in [6.45, 7) is 10.3. The fourth-order valence-corrected chi connectivity index (χ4v) is 3.24. The quantitative estimate of drug-likeness (QED) is 0.694. The maximum Gasteiger partial charge on any atom is 0.0545 e. The van der Waals surface area contributed by atoms with E-state index >= 15 is 0 Å². The van der Waals surface area contributed by atoms with Crippen molar-refractivity contribution in [1.82, 2.24) is 4.90 Å². The molecule has 19 heavy (non-hydrogen) atoms. The molecule has 1 aliphatic heterocycles. The minimum absolute atomic E-state index is 0.218. The summed E-state index contributed by atoms with van der Waals surface area (Å²) in [5, 5.41) is 0. The highest BCUT2D eigenvalue weighted by Gasteiger charge is 2.36. The first-order valence-corrected chi connectivity index (χ1v) is 7.49. The van der Waals surface area contributed by atoms with Crippen molar-refractivity contribution >= 4 is 0 Å². The molecular weight excluding hydrogens is 230 g/mol. The number of hydrogen-bond donors (Lipinski definition) is 0. The smallest absolute Gasteiger partial charge is 0.0545 e. The van der Waals surface area contributed by atoms with E-state index in [0.29, 0.717) is 6.04 Å². The molecule has 1 aliphatic carbocycles. The Bertz CT molecular complexity index is 503. The van der Waals surface area contributed by atoms with Gasteiger partial charge in [-0.2, -0.15) is 0 Å². The molecule has 0 aromatic heterocycles. The normalized spacial score (nSPS) is 24.6. The zero-order valence-corrected chi connectivity index (χ0v) is 12.6. The lowest BCUT2D eigenvalue weighted by Gasteiger charge is -2.38. The summed E-state index contributed by atoms with van der Waals surface area (Å²) in [6, 6.07) is 9.55. The fourth-order valence-electron chi connectivity index (χ4n) is 3.24. The predicted octanol–water partition coefficient (Wildman–Crippen LogP) is 4.67. The molecule has 3 rings (SSSR count). The van der Waals surface area contributed by atoms with Gasteiger partial charge >= 0.3 is 0 Å². The predicted molar refractivity (Wildman–Crippen MR) is 81.4 cm³/mol. The average Bonchev–Trinajstić information content (AvgIpc) is 3.11. The highest BCUT2D eigenvalue weighted by atomic mass is 15.2. The van der Waals surface area contributed by atoms with Crippen molar-refractivity contribution in [2.24, 2.45) is 0 Å². The largest absolute Gasteiger partial charge is 0.284 e. The highest BCUT2D eigenvalue weighted by Crippen LogP contribution is 2.46. The van der Waals surface area contributed by atoms with Crippen LogP contribution in [0.1, 0.15) is 63.6 Å². The van der Waals surface area contributed by atoms with Crippen LogP contribution < -0.4 is 0 Å². The van der Waals surface area contributed by atoms with Crippen LogP contribution in [0.2, 0.25) is 0 Å². The van der Waals surface area contributed by atoms with Crippen LogP contribution in [0.25, 0.3) is 0 Å². The summed E-state index contributed by atoms with van der Waals surface area (Å²) in [5.74, 6) is 0.826. The van der Waals surface area contributed by atoms with E-state index in [1.165, 1.54) is 24.0 Å². The topological polar surface area (TPSA) is 3.24 Å². The molecule has 102 valence electrons. The van der Waals surface area contributed by atoms with Gasteiger partial charge in [0.15, 0.2) is 0 Å². The second-order valence-electron chi connectivity index (χ2n) is 7.16. The minimum atomic E-state index is 0.218. The third-order valence-corrected chi connectivity index (χ3v) is 4.39. The summed E-state index contributed by atoms with van der Waals surface area (Å²) in [4.78, 5) is 2.63. The van der Waals surface area contributed by atoms with E-state index in [4.69, 9.17) is 0 Å². The molecule has 1 heterocycles. The Morgan fingerprint density at radius 3 is 2.26 bits per heavy atom. The van der Waals surface area contributed by atoms with Crippen LogP contribution in [0, 0.1) is 0 Å². The molecule has 1 atom stereocenters. The number of hydrogen-bond acceptors (Lipinski definition) is 1. The average molecular weight is 255 g/mol. The summed E-state index contributed by atoms with van der Waals surface area (Å²) >= 11 is 0. The van der Waals surface area contributed by atoms with E-state index in [1.807, 2.05) is 0 Å². The van der Waals surface area contributed by atoms with Crippen LogP contribution in [0.3, 0.4) is 0 Å². The van der Waals surface area contributed by atoms with Gasteiger partial charge in [0.2, 0.25) is 0 Å². The third-order valence-electron chi connectivity index (χ3n) is 4.39. The van der Waals surface area contributed by atoms with Crippen molar-refractivity contribution in [2.45, 2.75) is 58.0 Å². The maximum absolute atomic E-state index is 2.63. The molecule has 2 aliphatic rings. The standard InChI is InChI=1S/C18H25N/c1-13-11-17(19(12-13)18(2,3)4)16-8-6-5-7-15(16)14-9-10-14/h5-8,11,14,17H,9-10,12H2,1-4H3. The van der Waals surface area contributed by atoms with E-state index in [0.717, 1.165) is 12.5 Å². The van der Waals surface area contributed by atoms with E-state index in [9.17, 15) is 0 Å². The first-order valence-electron chi connectivity index (χ1n) is 7.49. The van der Waals surface area contributed by atoms with Gasteiger partial charge in [-0.05, 0) is 57.6 Å². The highest BCUT2D eigenvalue weighted by molar-refractivity contribution is 5.40. The van der Waals surface area contributed by atoms with Crippen LogP contribution in [0.5, 0.6) is 0 Å². The lowest BCUT2D eigenvalue weighted by molar-refractivity contribution is 0.131. The molecule has 1 aromatic carbocycles. The van der Waals surface area contributed by atoms with E-state index in [2.05, 4.69) is 62.9 Å². The Morgan fingerprint density at radius 1 is 1.05 bits per heavy atom. The lowest BCUT2D eigenvalue weighted by Crippen LogP contribution is -2.41. The number of rotatable bonds is 2. The van der Waals surface area contributed by atoms with E-state index in [-0.39, 0.29) is 5.54 Å². The zero-order valence-electron chi connectivity index (χ0n) is 12.6. The van der Waals surface area contributed by atoms with Gasteiger partial charge in [-0.15, -0.1) is 0 Å². The zero-order chi connectivity index (χ0) is 13.6. The van der Waals surface area contributed by atoms with Crippen LogP contribution in [0.4, 0.5) is 0 Å². The van der Waals surface area contributed by atoms with Gasteiger partial charge in [-0.25, -0.2) is 0 Å². The van der Waals surface area contributed by atoms with Crippen molar-refractivity contribution in [1.29, 1.82) is 0 Å². The SMILES string of the molecule is CC1=CC(c2ccccc2C2CC2)N(C(C)(C)C)C1. The van der Waals surface area contributed by atoms with Gasteiger partial charge in [0.05, 0.1) is 6.04 Å². The number of nitrogens with zero attached hydrogens (tertiary/aromatic N) is 1. The molecule has 1 heteroatoms. The first kappa shape index (κ1) is 12.9. The molecule has 1 fully saturated rings. The summed E-state index contributed by atoms with van der Waals surface area (Å²) in [5.41, 5.74) is 4.85. The lowest BCUT2D eigenvalue weighted by atomic mass is 9.94. The van der Waals surface area contributed by atoms with Crippen LogP contribution in [-0.2, 0) is 0 Å². The monoisotopic (exact) mass is 255 g/mol. The maximum atomic E-state index is 2.63. The number of benzene rings is 1. The molecule has 1 unspecified atom stereocenters. The first-order chi connectivity index (χ1) is 8.97. The van der Waals surface area contributed by atoms with Crippen LogP contribution in [0.15, 0.2) is 35.9 Å². The minimum Gasteiger partial charge on any atom is -0.284 e. The Hall–Kier alpha value is -1.08. The molecule has 0 N–H and O–H groups in total. The second-order valence-corrected chi connectivity index (χ2v) is 7.16. The summed E-state index contributed by atoms with van der Waals surface area (Å²) < 4.78 is 0. The molecule has 1 nitrogen and oxygen atoms in total. The molecular formula is C18H25N. The molecule has 0 bridgehead atoms. The van der Waals surface area contributed by atoms with Crippen molar-refractivity contribution in [3.05, 3.63) is 47.0 Å². The molecule has 0 radical (unpaired) electrons. The van der Waals surface area contributed by atoms with Gasteiger partial charge in [-0.3, -0.25) is 4.90 Å². The fraction of sp³-hybridized carbons (Fsp3) is 0.556. The van der Waals surface area contributed by atoms with Crippen molar-refractivity contribution in [3.63, 3.8) is 0 Å². The van der Waals surface area contributed by atoms with Crippen molar-refractivity contribution in [2.75, 3.05) is 6.54 Å². The van der Waals surface area contributed by atoms with Crippen molar-refractivity contribution in [3.8, 4) is 0 Å². The summed E-state index contributed by atoms with van der Waals surface area (Å²) in [7, 11) is 0. The van der Waals surface area contributed by atoms with Gasteiger partial charge < -0.3 is 0 Å². The molecule has 1 saturated carbocycles. The second kappa shape index (κ2) is 4.49. The molecule has 0 amide bonds. The molecule has 0 spiro atoms. The Kier molecular flexibility index (Phi) is 3.05.